The van der Waals surface area contributed by atoms with E-state index in [1.165, 1.54) is 4.57 Å². The molecule has 1 atom stereocenters. The van der Waals surface area contributed by atoms with Gasteiger partial charge in [0.05, 0.1) is 48.6 Å². The van der Waals surface area contributed by atoms with Gasteiger partial charge in [0.1, 0.15) is 12.4 Å². The number of aromatic nitrogens is 2. The van der Waals surface area contributed by atoms with E-state index in [1.54, 1.807) is 43.5 Å². The molecule has 0 radical (unpaired) electrons. The Balaban J connectivity index is 1.63. The number of hydrogen-bond donors (Lipinski definition) is 1. The van der Waals surface area contributed by atoms with Crippen molar-refractivity contribution in [1.82, 2.24) is 9.55 Å². The molecule has 0 amide bonds. The lowest BCUT2D eigenvalue weighted by Crippen LogP contribution is -2.25. The summed E-state index contributed by atoms with van der Waals surface area (Å²) >= 11 is 0. The third-order valence-electron chi connectivity index (χ3n) is 6.92. The van der Waals surface area contributed by atoms with E-state index in [-0.39, 0.29) is 36.5 Å². The van der Waals surface area contributed by atoms with E-state index in [0.29, 0.717) is 50.3 Å². The van der Waals surface area contributed by atoms with Crippen molar-refractivity contribution in [3.05, 3.63) is 92.3 Å². The number of ether oxygens (including phenoxy) is 2. The van der Waals surface area contributed by atoms with Crippen molar-refractivity contribution in [2.45, 2.75) is 32.6 Å². The molecular formula is C28H22N2O6. The van der Waals surface area contributed by atoms with Gasteiger partial charge in [-0.25, -0.2) is 4.98 Å². The predicted octanol–water partition coefficient (Wildman–Crippen LogP) is 3.45. The molecule has 2 aromatic heterocycles. The van der Waals surface area contributed by atoms with Crippen LogP contribution in [0.2, 0.25) is 0 Å². The molecule has 0 fully saturated rings. The summed E-state index contributed by atoms with van der Waals surface area (Å²) in [4.78, 5) is 44.1. The second-order valence-corrected chi connectivity index (χ2v) is 9.13. The zero-order chi connectivity index (χ0) is 25.1. The Morgan fingerprint density at radius 2 is 1.89 bits per heavy atom. The Kier molecular flexibility index (Phi) is 5.01. The first-order chi connectivity index (χ1) is 17.4. The van der Waals surface area contributed by atoms with E-state index in [4.69, 9.17) is 14.5 Å². The largest absolute Gasteiger partial charge is 0.497 e. The van der Waals surface area contributed by atoms with Gasteiger partial charge >= 0.3 is 5.97 Å². The SMILES string of the molecule is COc1ccc2nc3c(c(C(=O)c4ccc(C)cc4)c2c1)Cn1c-3cc2c(c1=O)COC(=O)CC2O. The summed E-state index contributed by atoms with van der Waals surface area (Å²) in [5, 5.41) is 11.3. The van der Waals surface area contributed by atoms with Gasteiger partial charge in [-0.3, -0.25) is 14.4 Å². The molecule has 2 aliphatic rings. The number of aliphatic hydroxyl groups is 1. The molecule has 2 aromatic carbocycles. The molecule has 36 heavy (non-hydrogen) atoms. The molecule has 0 saturated carbocycles. The number of pyridine rings is 2. The first-order valence-electron chi connectivity index (χ1n) is 11.6. The molecule has 2 aliphatic heterocycles. The number of aliphatic hydroxyl groups excluding tert-OH is 1. The zero-order valence-electron chi connectivity index (χ0n) is 19.7. The van der Waals surface area contributed by atoms with Crippen molar-refractivity contribution in [1.29, 1.82) is 0 Å². The van der Waals surface area contributed by atoms with Crippen LogP contribution in [-0.2, 0) is 22.7 Å². The van der Waals surface area contributed by atoms with E-state index in [0.717, 1.165) is 5.56 Å². The van der Waals surface area contributed by atoms with Gasteiger partial charge in [-0.05, 0) is 36.8 Å². The van der Waals surface area contributed by atoms with E-state index < -0.39 is 12.1 Å². The summed E-state index contributed by atoms with van der Waals surface area (Å²) in [6, 6.07) is 14.4. The summed E-state index contributed by atoms with van der Waals surface area (Å²) in [7, 11) is 1.56. The minimum absolute atomic E-state index is 0.133. The second-order valence-electron chi connectivity index (χ2n) is 9.13. The number of rotatable bonds is 3. The smallest absolute Gasteiger partial charge is 0.309 e. The quantitative estimate of drug-likeness (QED) is 0.310. The summed E-state index contributed by atoms with van der Waals surface area (Å²) in [5.74, 6) is -0.150. The number of ketones is 1. The molecule has 4 heterocycles. The first-order valence-corrected chi connectivity index (χ1v) is 11.6. The Morgan fingerprint density at radius 3 is 2.64 bits per heavy atom. The Bertz CT molecular complexity index is 1650. The lowest BCUT2D eigenvalue weighted by molar-refractivity contribution is -0.146. The standard InChI is InChI=1S/C28H22N2O6/c1-14-3-5-15(6-4-14)27(33)25-18-9-16(35-2)7-8-21(18)29-26-19(25)12-30-22(26)10-17-20(28(30)34)13-36-24(32)11-23(17)31/h3-10,23,31H,11-13H2,1-2H3. The molecular weight excluding hydrogens is 460 g/mol. The van der Waals surface area contributed by atoms with E-state index in [9.17, 15) is 19.5 Å². The highest BCUT2D eigenvalue weighted by atomic mass is 16.5. The fourth-order valence-electron chi connectivity index (χ4n) is 5.02. The van der Waals surface area contributed by atoms with Crippen LogP contribution in [0, 0.1) is 6.92 Å². The Labute approximate surface area is 205 Å². The summed E-state index contributed by atoms with van der Waals surface area (Å²) in [6.07, 6.45) is -1.39. The summed E-state index contributed by atoms with van der Waals surface area (Å²) in [6.45, 7) is 1.88. The zero-order valence-corrected chi connectivity index (χ0v) is 19.7. The fourth-order valence-corrected chi connectivity index (χ4v) is 5.02. The topological polar surface area (TPSA) is 108 Å². The van der Waals surface area contributed by atoms with E-state index in [2.05, 4.69) is 0 Å². The van der Waals surface area contributed by atoms with Gasteiger partial charge in [-0.2, -0.15) is 0 Å². The third-order valence-corrected chi connectivity index (χ3v) is 6.92. The van der Waals surface area contributed by atoms with Crippen LogP contribution < -0.4 is 10.3 Å². The summed E-state index contributed by atoms with van der Waals surface area (Å²) in [5.41, 5.74) is 4.47. The van der Waals surface area contributed by atoms with Gasteiger partial charge in [0.25, 0.3) is 5.56 Å². The molecule has 8 heteroatoms. The number of esters is 1. The monoisotopic (exact) mass is 482 g/mol. The van der Waals surface area contributed by atoms with Gasteiger partial charge in [-0.15, -0.1) is 0 Å². The number of benzene rings is 2. The van der Waals surface area contributed by atoms with Crippen LogP contribution in [0.15, 0.2) is 53.3 Å². The molecule has 1 N–H and O–H groups in total. The van der Waals surface area contributed by atoms with Gasteiger partial charge in [0, 0.05) is 22.1 Å². The number of nitrogens with zero attached hydrogens (tertiary/aromatic N) is 2. The Morgan fingerprint density at radius 1 is 1.11 bits per heavy atom. The minimum atomic E-state index is -1.16. The van der Waals surface area contributed by atoms with Crippen molar-refractivity contribution in [2.24, 2.45) is 0 Å². The molecule has 4 aromatic rings. The lowest BCUT2D eigenvalue weighted by atomic mass is 9.93. The number of fused-ring (bicyclic) bond motifs is 5. The molecule has 1 unspecified atom stereocenters. The third kappa shape index (κ3) is 3.33. The Hall–Kier alpha value is -4.30. The average Bonchev–Trinajstić information content (AvgIpc) is 3.17. The van der Waals surface area contributed by atoms with Gasteiger partial charge in [0.15, 0.2) is 5.78 Å². The molecule has 8 nitrogen and oxygen atoms in total. The number of hydrogen-bond acceptors (Lipinski definition) is 7. The van der Waals surface area contributed by atoms with Crippen LogP contribution in [0.25, 0.3) is 22.3 Å². The number of carbonyl (C=O) groups is 2. The highest BCUT2D eigenvalue weighted by Gasteiger charge is 2.33. The number of methoxy groups -OCH3 is 1. The van der Waals surface area contributed by atoms with Crippen molar-refractivity contribution in [2.75, 3.05) is 7.11 Å². The molecule has 0 bridgehead atoms. The maximum atomic E-state index is 13.9. The predicted molar refractivity (Wildman–Crippen MR) is 131 cm³/mol. The van der Waals surface area contributed by atoms with Crippen molar-refractivity contribution < 1.29 is 24.2 Å². The van der Waals surface area contributed by atoms with Crippen LogP contribution in [0.4, 0.5) is 0 Å². The van der Waals surface area contributed by atoms with Crippen LogP contribution in [0.3, 0.4) is 0 Å². The number of aryl methyl sites for hydroxylation is 1. The summed E-state index contributed by atoms with van der Waals surface area (Å²) < 4.78 is 12.1. The van der Waals surface area contributed by atoms with Gasteiger partial charge < -0.3 is 19.1 Å². The molecule has 6 rings (SSSR count). The molecule has 0 spiro atoms. The molecule has 0 saturated heterocycles. The van der Waals surface area contributed by atoms with Crippen molar-refractivity contribution in [3.63, 3.8) is 0 Å². The normalized spacial score (nSPS) is 16.1. The van der Waals surface area contributed by atoms with Crippen LogP contribution in [0.5, 0.6) is 5.75 Å². The maximum Gasteiger partial charge on any atom is 0.309 e. The van der Waals surface area contributed by atoms with Crippen molar-refractivity contribution >= 4 is 22.7 Å². The number of cyclic esters (lactones) is 1. The first kappa shape index (κ1) is 22.2. The fraction of sp³-hybridized carbons (Fsp3) is 0.214. The van der Waals surface area contributed by atoms with Crippen molar-refractivity contribution in [3.8, 4) is 17.1 Å². The second kappa shape index (κ2) is 8.13. The van der Waals surface area contributed by atoms with Crippen LogP contribution >= 0.6 is 0 Å². The average molecular weight is 482 g/mol. The van der Waals surface area contributed by atoms with E-state index >= 15 is 0 Å². The highest BCUT2D eigenvalue weighted by molar-refractivity contribution is 6.18. The molecule has 0 aliphatic carbocycles. The van der Waals surface area contributed by atoms with E-state index in [1.807, 2.05) is 19.1 Å². The van der Waals surface area contributed by atoms with Gasteiger partial charge in [0.2, 0.25) is 0 Å². The minimum Gasteiger partial charge on any atom is -0.497 e. The van der Waals surface area contributed by atoms with Crippen LogP contribution in [-0.4, -0.2) is 33.5 Å². The highest BCUT2D eigenvalue weighted by Crippen LogP contribution is 2.39. The maximum absolute atomic E-state index is 13.9. The lowest BCUT2D eigenvalue weighted by Gasteiger charge is -2.13. The number of carbonyl (C=O) groups excluding carboxylic acids is 2. The van der Waals surface area contributed by atoms with Crippen LogP contribution in [0.1, 0.15) is 50.7 Å². The van der Waals surface area contributed by atoms with Gasteiger partial charge in [-0.1, -0.05) is 29.8 Å². The molecule has 180 valence electrons.